The third-order valence-electron chi connectivity index (χ3n) is 5.17. The highest BCUT2D eigenvalue weighted by Crippen LogP contribution is 2.26. The van der Waals surface area contributed by atoms with E-state index in [2.05, 4.69) is 32.8 Å². The number of pyridine rings is 1. The average molecular weight is 396 g/mol. The van der Waals surface area contributed by atoms with Crippen LogP contribution in [0.25, 0.3) is 22.5 Å². The van der Waals surface area contributed by atoms with Gasteiger partial charge in [-0.1, -0.05) is 24.3 Å². The zero-order valence-corrected chi connectivity index (χ0v) is 16.5. The molecule has 1 aliphatic rings. The molecule has 0 atom stereocenters. The number of aryl methyl sites for hydroxylation is 1. The van der Waals surface area contributed by atoms with Crippen LogP contribution in [-0.2, 0) is 13.1 Å². The Morgan fingerprint density at radius 3 is 2.50 bits per heavy atom. The van der Waals surface area contributed by atoms with Crippen LogP contribution in [0.3, 0.4) is 0 Å². The van der Waals surface area contributed by atoms with Crippen LogP contribution in [0.15, 0.2) is 67.0 Å². The van der Waals surface area contributed by atoms with Crippen LogP contribution >= 0.6 is 0 Å². The Kier molecular flexibility index (Phi) is 4.48. The molecule has 2 N–H and O–H groups in total. The molecule has 0 saturated heterocycles. The molecule has 0 unspecified atom stereocenters. The van der Waals surface area contributed by atoms with Gasteiger partial charge in [-0.25, -0.2) is 4.68 Å². The summed E-state index contributed by atoms with van der Waals surface area (Å²) in [6.45, 7) is 3.27. The minimum absolute atomic E-state index is 0.0224. The lowest BCUT2D eigenvalue weighted by molar-refractivity contribution is 0.0966. The summed E-state index contributed by atoms with van der Waals surface area (Å²) in [5, 5.41) is 10.8. The Morgan fingerprint density at radius 1 is 1.00 bits per heavy atom. The van der Waals surface area contributed by atoms with Gasteiger partial charge in [0.05, 0.1) is 0 Å². The molecule has 3 heterocycles. The number of carbonyl (C=O) groups is 1. The molecule has 1 aliphatic heterocycles. The zero-order valence-electron chi connectivity index (χ0n) is 16.5. The van der Waals surface area contributed by atoms with Gasteiger partial charge < -0.3 is 10.6 Å². The Morgan fingerprint density at radius 2 is 1.73 bits per heavy atom. The van der Waals surface area contributed by atoms with Crippen LogP contribution in [0.1, 0.15) is 22.8 Å². The predicted octanol–water partition coefficient (Wildman–Crippen LogP) is 4.01. The lowest BCUT2D eigenvalue weighted by Gasteiger charge is -2.07. The number of nitrogens with one attached hydrogen (secondary N) is 2. The van der Waals surface area contributed by atoms with E-state index < -0.39 is 0 Å². The van der Waals surface area contributed by atoms with E-state index in [9.17, 15) is 4.79 Å². The van der Waals surface area contributed by atoms with Gasteiger partial charge in [0.2, 0.25) is 5.95 Å². The lowest BCUT2D eigenvalue weighted by Crippen LogP contribution is -2.12. The van der Waals surface area contributed by atoms with Crippen molar-refractivity contribution in [1.82, 2.24) is 25.1 Å². The third kappa shape index (κ3) is 3.30. The van der Waals surface area contributed by atoms with Crippen molar-refractivity contribution in [3.63, 3.8) is 0 Å². The van der Waals surface area contributed by atoms with Crippen molar-refractivity contribution in [3.8, 4) is 22.5 Å². The number of anilines is 2. The van der Waals surface area contributed by atoms with E-state index in [1.807, 2.05) is 54.1 Å². The first-order valence-electron chi connectivity index (χ1n) is 9.85. The zero-order chi connectivity index (χ0) is 20.5. The van der Waals surface area contributed by atoms with Crippen molar-refractivity contribution in [2.75, 3.05) is 5.32 Å². The van der Waals surface area contributed by atoms with E-state index in [0.717, 1.165) is 33.5 Å². The molecule has 0 radical (unpaired) electrons. The first-order chi connectivity index (χ1) is 14.7. The molecule has 1 amide bonds. The predicted molar refractivity (Wildman–Crippen MR) is 115 cm³/mol. The molecular formula is C23H20N6O. The molecule has 0 spiro atoms. The van der Waals surface area contributed by atoms with Crippen LogP contribution in [0.4, 0.5) is 11.6 Å². The van der Waals surface area contributed by atoms with E-state index in [-0.39, 0.29) is 5.91 Å². The summed E-state index contributed by atoms with van der Waals surface area (Å²) in [4.78, 5) is 20.5. The number of rotatable bonds is 5. The first-order valence-corrected chi connectivity index (χ1v) is 9.85. The van der Waals surface area contributed by atoms with Crippen LogP contribution in [0.2, 0.25) is 0 Å². The van der Waals surface area contributed by atoms with Gasteiger partial charge >= 0.3 is 0 Å². The second kappa shape index (κ2) is 7.44. The van der Waals surface area contributed by atoms with Gasteiger partial charge in [-0.05, 0) is 53.9 Å². The third-order valence-corrected chi connectivity index (χ3v) is 5.17. The molecule has 7 nitrogen and oxygen atoms in total. The van der Waals surface area contributed by atoms with Crippen molar-refractivity contribution in [2.24, 2.45) is 0 Å². The molecular weight excluding hydrogens is 376 g/mol. The molecule has 148 valence electrons. The van der Waals surface area contributed by atoms with Crippen molar-refractivity contribution in [3.05, 3.63) is 78.1 Å². The minimum Gasteiger partial charge on any atom is -0.348 e. The highest BCUT2D eigenvalue weighted by Gasteiger charge is 2.19. The van der Waals surface area contributed by atoms with E-state index in [1.54, 1.807) is 12.4 Å². The van der Waals surface area contributed by atoms with Gasteiger partial charge in [-0.15, -0.1) is 5.10 Å². The summed E-state index contributed by atoms with van der Waals surface area (Å²) >= 11 is 0. The van der Waals surface area contributed by atoms with Gasteiger partial charge in [-0.2, -0.15) is 4.98 Å². The number of hydrogen-bond acceptors (Lipinski definition) is 5. The molecule has 7 heteroatoms. The molecule has 0 bridgehead atoms. The topological polar surface area (TPSA) is 84.7 Å². The molecule has 0 aliphatic carbocycles. The fourth-order valence-corrected chi connectivity index (χ4v) is 3.57. The quantitative estimate of drug-likeness (QED) is 0.532. The second-order valence-corrected chi connectivity index (χ2v) is 7.07. The fraction of sp³-hybridized carbons (Fsp3) is 0.130. The number of amides is 1. The number of aromatic nitrogens is 4. The summed E-state index contributed by atoms with van der Waals surface area (Å²) in [6, 6.07) is 17.9. The van der Waals surface area contributed by atoms with Crippen molar-refractivity contribution in [1.29, 1.82) is 0 Å². The Hall–Kier alpha value is -4.00. The standard InChI is InChI=1S/C23H20N6O/c1-2-29-23(26-19-7-8-20-18(13-19)14-25-22(20)30)27-21(28-29)17-5-3-15(4-6-17)16-9-11-24-12-10-16/h3-13H,2,14H2,1H3,(H,25,30)(H,26,27,28). The van der Waals surface area contributed by atoms with Gasteiger partial charge in [0.15, 0.2) is 5.82 Å². The molecule has 2 aromatic heterocycles. The van der Waals surface area contributed by atoms with Gasteiger partial charge in [0.25, 0.3) is 5.91 Å². The van der Waals surface area contributed by atoms with Crippen molar-refractivity contribution in [2.45, 2.75) is 20.0 Å². The fourth-order valence-electron chi connectivity index (χ4n) is 3.57. The van der Waals surface area contributed by atoms with Crippen molar-refractivity contribution >= 4 is 17.5 Å². The average Bonchev–Trinajstić information content (AvgIpc) is 3.37. The van der Waals surface area contributed by atoms with Crippen LogP contribution in [0.5, 0.6) is 0 Å². The molecule has 2 aromatic carbocycles. The SMILES string of the molecule is CCn1nc(-c2ccc(-c3ccncc3)cc2)nc1Nc1ccc2c(c1)CNC2=O. The van der Waals surface area contributed by atoms with E-state index in [4.69, 9.17) is 4.98 Å². The van der Waals surface area contributed by atoms with Crippen molar-refractivity contribution < 1.29 is 4.79 Å². The summed E-state index contributed by atoms with van der Waals surface area (Å²) < 4.78 is 1.84. The van der Waals surface area contributed by atoms with E-state index in [0.29, 0.717) is 24.9 Å². The first kappa shape index (κ1) is 18.1. The molecule has 5 rings (SSSR count). The molecule has 4 aromatic rings. The van der Waals surface area contributed by atoms with Gasteiger partial charge in [0.1, 0.15) is 0 Å². The normalized spacial score (nSPS) is 12.5. The number of fused-ring (bicyclic) bond motifs is 1. The maximum Gasteiger partial charge on any atom is 0.251 e. The van der Waals surface area contributed by atoms with E-state index in [1.165, 1.54) is 0 Å². The number of benzene rings is 2. The summed E-state index contributed by atoms with van der Waals surface area (Å²) in [6.07, 6.45) is 3.58. The van der Waals surface area contributed by atoms with Crippen LogP contribution < -0.4 is 10.6 Å². The smallest absolute Gasteiger partial charge is 0.251 e. The lowest BCUT2D eigenvalue weighted by atomic mass is 10.1. The maximum absolute atomic E-state index is 11.7. The maximum atomic E-state index is 11.7. The Labute approximate surface area is 173 Å². The van der Waals surface area contributed by atoms with Crippen LogP contribution in [-0.4, -0.2) is 25.7 Å². The Bertz CT molecular complexity index is 1210. The molecule has 0 saturated carbocycles. The highest BCUT2D eigenvalue weighted by molar-refractivity contribution is 5.98. The molecule has 0 fully saturated rings. The molecule has 30 heavy (non-hydrogen) atoms. The summed E-state index contributed by atoms with van der Waals surface area (Å²) in [5.41, 5.74) is 5.79. The number of carbonyl (C=O) groups excluding carboxylic acids is 1. The monoisotopic (exact) mass is 396 g/mol. The Balaban J connectivity index is 1.41. The number of nitrogens with zero attached hydrogens (tertiary/aromatic N) is 4. The van der Waals surface area contributed by atoms with E-state index >= 15 is 0 Å². The summed E-state index contributed by atoms with van der Waals surface area (Å²) in [7, 11) is 0. The van der Waals surface area contributed by atoms with Crippen LogP contribution in [0, 0.1) is 0 Å². The minimum atomic E-state index is -0.0224. The second-order valence-electron chi connectivity index (χ2n) is 7.07. The number of hydrogen-bond donors (Lipinski definition) is 2. The largest absolute Gasteiger partial charge is 0.348 e. The highest BCUT2D eigenvalue weighted by atomic mass is 16.1. The van der Waals surface area contributed by atoms with Gasteiger partial charge in [0, 0.05) is 42.3 Å². The van der Waals surface area contributed by atoms with Gasteiger partial charge in [-0.3, -0.25) is 9.78 Å². The summed E-state index contributed by atoms with van der Waals surface area (Å²) in [5.74, 6) is 1.31.